The van der Waals surface area contributed by atoms with Crippen LogP contribution in [0.1, 0.15) is 5.82 Å². The average Bonchev–Trinajstić information content (AvgIpc) is 2.67. The molecule has 6 heteroatoms. The van der Waals surface area contributed by atoms with Crippen molar-refractivity contribution in [3.05, 3.63) is 30.1 Å². The Morgan fingerprint density at radius 2 is 2.07 bits per heavy atom. The molecule has 0 unspecified atom stereocenters. The van der Waals surface area contributed by atoms with Crippen molar-refractivity contribution in [1.29, 1.82) is 0 Å². The number of isocyanates is 1. The number of aromatic nitrogens is 4. The molecule has 74 valence electrons. The van der Waals surface area contributed by atoms with E-state index < -0.39 is 0 Å². The molecule has 0 N–H and O–H groups in total. The maximum Gasteiger partial charge on any atom is 0.240 e. The molecule has 0 aliphatic rings. The van der Waals surface area contributed by atoms with Crippen LogP contribution >= 0.6 is 0 Å². The van der Waals surface area contributed by atoms with Crippen molar-refractivity contribution in [2.45, 2.75) is 6.92 Å². The maximum absolute atomic E-state index is 10.0. The van der Waals surface area contributed by atoms with E-state index in [-0.39, 0.29) is 0 Å². The summed E-state index contributed by atoms with van der Waals surface area (Å²) in [7, 11) is 0. The van der Waals surface area contributed by atoms with Gasteiger partial charge in [0.15, 0.2) is 5.82 Å². The molecule has 0 bridgehead atoms. The van der Waals surface area contributed by atoms with Gasteiger partial charge in [-0.1, -0.05) is 0 Å². The molecule has 1 aromatic carbocycles. The second kappa shape index (κ2) is 3.81. The number of hydrogen-bond acceptors (Lipinski definition) is 5. The summed E-state index contributed by atoms with van der Waals surface area (Å²) in [6.45, 7) is 1.76. The smallest absolute Gasteiger partial charge is 0.211 e. The van der Waals surface area contributed by atoms with Crippen LogP contribution in [0.2, 0.25) is 0 Å². The number of aryl methyl sites for hydroxylation is 1. The minimum Gasteiger partial charge on any atom is -0.211 e. The van der Waals surface area contributed by atoms with Gasteiger partial charge in [0.1, 0.15) is 0 Å². The van der Waals surface area contributed by atoms with Gasteiger partial charge in [0.05, 0.1) is 11.4 Å². The number of aliphatic imine (C=N–C) groups is 1. The molecule has 6 nitrogen and oxygen atoms in total. The van der Waals surface area contributed by atoms with Crippen LogP contribution in [-0.4, -0.2) is 26.3 Å². The van der Waals surface area contributed by atoms with Crippen molar-refractivity contribution < 1.29 is 4.79 Å². The van der Waals surface area contributed by atoms with Crippen LogP contribution in [0.15, 0.2) is 29.3 Å². The van der Waals surface area contributed by atoms with Gasteiger partial charge < -0.3 is 0 Å². The number of hydrogen-bond donors (Lipinski definition) is 0. The Labute approximate surface area is 85.3 Å². The Morgan fingerprint density at radius 3 is 2.60 bits per heavy atom. The number of tetrazole rings is 1. The summed E-state index contributed by atoms with van der Waals surface area (Å²) in [4.78, 5) is 14.9. The Hall–Kier alpha value is -2.33. The van der Waals surface area contributed by atoms with Gasteiger partial charge in [-0.3, -0.25) is 0 Å². The van der Waals surface area contributed by atoms with E-state index in [1.807, 2.05) is 0 Å². The molecule has 0 saturated carbocycles. The second-order valence-corrected chi connectivity index (χ2v) is 2.85. The number of rotatable bonds is 2. The first-order chi connectivity index (χ1) is 7.29. The van der Waals surface area contributed by atoms with Crippen LogP contribution in [-0.2, 0) is 4.79 Å². The predicted molar refractivity (Wildman–Crippen MR) is 51.7 cm³/mol. The maximum atomic E-state index is 10.0. The fourth-order valence-electron chi connectivity index (χ4n) is 1.11. The fourth-order valence-corrected chi connectivity index (χ4v) is 1.11. The first kappa shape index (κ1) is 9.23. The predicted octanol–water partition coefficient (Wildman–Crippen LogP) is 0.938. The summed E-state index contributed by atoms with van der Waals surface area (Å²) >= 11 is 0. The first-order valence-corrected chi connectivity index (χ1v) is 4.24. The zero-order valence-electron chi connectivity index (χ0n) is 7.95. The molecule has 0 spiro atoms. The summed E-state index contributed by atoms with van der Waals surface area (Å²) in [6.07, 6.45) is 1.47. The Morgan fingerprint density at radius 1 is 1.33 bits per heavy atom. The van der Waals surface area contributed by atoms with E-state index in [2.05, 4.69) is 20.4 Å². The summed E-state index contributed by atoms with van der Waals surface area (Å²) in [5, 5.41) is 11.6. The lowest BCUT2D eigenvalue weighted by Gasteiger charge is -1.97. The normalized spacial score (nSPS) is 9.67. The lowest BCUT2D eigenvalue weighted by atomic mass is 10.3. The zero-order valence-corrected chi connectivity index (χ0v) is 7.95. The molecule has 15 heavy (non-hydrogen) atoms. The van der Waals surface area contributed by atoms with E-state index in [0.29, 0.717) is 11.5 Å². The van der Waals surface area contributed by atoms with Crippen molar-refractivity contribution in [1.82, 2.24) is 20.2 Å². The minimum absolute atomic E-state index is 0.547. The van der Waals surface area contributed by atoms with E-state index in [1.54, 1.807) is 31.2 Å². The molecule has 2 aromatic rings. The number of benzene rings is 1. The van der Waals surface area contributed by atoms with E-state index in [0.717, 1.165) is 5.69 Å². The van der Waals surface area contributed by atoms with E-state index in [4.69, 9.17) is 0 Å². The highest BCUT2D eigenvalue weighted by Gasteiger charge is 2.00. The molecule has 1 heterocycles. The van der Waals surface area contributed by atoms with E-state index >= 15 is 0 Å². The lowest BCUT2D eigenvalue weighted by Crippen LogP contribution is -1.98. The van der Waals surface area contributed by atoms with Crippen molar-refractivity contribution in [3.63, 3.8) is 0 Å². The number of carbonyl (C=O) groups excluding carboxylic acids is 1. The third kappa shape index (κ3) is 1.95. The molecular weight excluding hydrogens is 194 g/mol. The van der Waals surface area contributed by atoms with Gasteiger partial charge in [-0.15, -0.1) is 15.0 Å². The highest BCUT2D eigenvalue weighted by atomic mass is 16.1. The Balaban J connectivity index is 2.35. The molecule has 1 aromatic heterocycles. The highest BCUT2D eigenvalue weighted by Crippen LogP contribution is 2.13. The van der Waals surface area contributed by atoms with Crippen molar-refractivity contribution in [3.8, 4) is 5.69 Å². The molecule has 2 rings (SSSR count). The van der Waals surface area contributed by atoms with Gasteiger partial charge in [-0.25, -0.2) is 4.79 Å². The minimum atomic E-state index is 0.547. The van der Waals surface area contributed by atoms with Crippen LogP contribution in [0, 0.1) is 6.92 Å². The molecule has 0 atom stereocenters. The van der Waals surface area contributed by atoms with E-state index in [1.165, 1.54) is 10.9 Å². The summed E-state index contributed by atoms with van der Waals surface area (Å²) < 4.78 is 0. The third-order valence-electron chi connectivity index (χ3n) is 1.77. The van der Waals surface area contributed by atoms with Gasteiger partial charge in [0, 0.05) is 0 Å². The van der Waals surface area contributed by atoms with Crippen LogP contribution in [0.3, 0.4) is 0 Å². The first-order valence-electron chi connectivity index (χ1n) is 4.24. The fraction of sp³-hybridized carbons (Fsp3) is 0.111. The summed E-state index contributed by atoms with van der Waals surface area (Å²) in [6, 6.07) is 6.85. The molecule has 0 fully saturated rings. The second-order valence-electron chi connectivity index (χ2n) is 2.85. The van der Waals surface area contributed by atoms with Gasteiger partial charge in [-0.2, -0.15) is 4.99 Å². The molecule has 0 saturated heterocycles. The summed E-state index contributed by atoms with van der Waals surface area (Å²) in [5.41, 5.74) is 1.31. The standard InChI is InChI=1S/C9H7N5O/c1-7-11-13-14(12-7)9-4-2-8(3-5-9)10-6-15/h2-5H,1H3. The van der Waals surface area contributed by atoms with Crippen LogP contribution in [0.25, 0.3) is 5.69 Å². The topological polar surface area (TPSA) is 73.0 Å². The van der Waals surface area contributed by atoms with E-state index in [9.17, 15) is 4.79 Å². The molecule has 0 amide bonds. The zero-order chi connectivity index (χ0) is 10.7. The summed E-state index contributed by atoms with van der Waals surface area (Å²) in [5.74, 6) is 0.602. The van der Waals surface area contributed by atoms with Crippen molar-refractivity contribution >= 4 is 11.8 Å². The van der Waals surface area contributed by atoms with Gasteiger partial charge in [0.2, 0.25) is 6.08 Å². The SMILES string of the molecule is Cc1nnn(-c2ccc(N=C=O)cc2)n1. The third-order valence-corrected chi connectivity index (χ3v) is 1.77. The van der Waals surface area contributed by atoms with Crippen molar-refractivity contribution in [2.75, 3.05) is 0 Å². The van der Waals surface area contributed by atoms with Gasteiger partial charge >= 0.3 is 0 Å². The molecule has 0 aliphatic carbocycles. The Kier molecular flexibility index (Phi) is 2.35. The molecule has 0 aliphatic heterocycles. The molecular formula is C9H7N5O. The monoisotopic (exact) mass is 201 g/mol. The largest absolute Gasteiger partial charge is 0.240 e. The van der Waals surface area contributed by atoms with Crippen LogP contribution in [0.5, 0.6) is 0 Å². The molecule has 0 radical (unpaired) electrons. The lowest BCUT2D eigenvalue weighted by molar-refractivity contribution is 0.565. The van der Waals surface area contributed by atoms with Crippen LogP contribution in [0.4, 0.5) is 5.69 Å². The van der Waals surface area contributed by atoms with Gasteiger partial charge in [-0.05, 0) is 36.4 Å². The van der Waals surface area contributed by atoms with Crippen molar-refractivity contribution in [2.24, 2.45) is 4.99 Å². The van der Waals surface area contributed by atoms with Crippen LogP contribution < -0.4 is 0 Å². The average molecular weight is 201 g/mol. The number of nitrogens with zero attached hydrogens (tertiary/aromatic N) is 5. The van der Waals surface area contributed by atoms with Gasteiger partial charge in [0.25, 0.3) is 0 Å². The Bertz CT molecular complexity index is 510. The highest BCUT2D eigenvalue weighted by molar-refractivity contribution is 5.50. The quantitative estimate of drug-likeness (QED) is 0.535.